The van der Waals surface area contributed by atoms with Gasteiger partial charge in [0.15, 0.2) is 11.5 Å². The number of pyridine rings is 1. The third kappa shape index (κ3) is 5.48. The van der Waals surface area contributed by atoms with E-state index < -0.39 is 35.7 Å². The fourth-order valence-electron chi connectivity index (χ4n) is 4.85. The molecule has 0 radical (unpaired) electrons. The number of aryl methyl sites for hydroxylation is 1. The van der Waals surface area contributed by atoms with E-state index in [0.29, 0.717) is 5.69 Å². The highest BCUT2D eigenvalue weighted by Crippen LogP contribution is 2.37. The average Bonchev–Trinajstić information content (AvgIpc) is 3.64. The largest absolute Gasteiger partial charge is 0.494 e. The number of hydrogen-bond acceptors (Lipinski definition) is 10. The van der Waals surface area contributed by atoms with Gasteiger partial charge in [-0.2, -0.15) is 18.3 Å². The fraction of sp³-hybridized carbons (Fsp3) is 0.333. The van der Waals surface area contributed by atoms with E-state index in [9.17, 15) is 27.6 Å². The van der Waals surface area contributed by atoms with Crippen LogP contribution >= 0.6 is 0 Å². The zero-order chi connectivity index (χ0) is 31.1. The molecule has 5 rings (SSSR count). The second-order valence-corrected chi connectivity index (χ2v) is 9.63. The van der Waals surface area contributed by atoms with E-state index in [1.54, 1.807) is 13.0 Å². The van der Waals surface area contributed by atoms with E-state index >= 15 is 0 Å². The Bertz CT molecular complexity index is 1720. The molecule has 1 unspecified atom stereocenters. The lowest BCUT2D eigenvalue weighted by atomic mass is 10.1. The first-order chi connectivity index (χ1) is 20.5. The van der Waals surface area contributed by atoms with Gasteiger partial charge in [-0.05, 0) is 37.3 Å². The molecule has 16 heteroatoms. The second-order valence-electron chi connectivity index (χ2n) is 9.63. The molecule has 2 amide bonds. The number of piperazine rings is 1. The number of oxazole rings is 1. The van der Waals surface area contributed by atoms with Gasteiger partial charge in [0.05, 0.1) is 27.3 Å². The van der Waals surface area contributed by atoms with Crippen LogP contribution in [0.25, 0.3) is 22.4 Å². The van der Waals surface area contributed by atoms with Crippen LogP contribution < -0.4 is 10.5 Å². The molecule has 43 heavy (non-hydrogen) atoms. The number of amides is 2. The number of methoxy groups -OCH3 is 2. The van der Waals surface area contributed by atoms with Crippen molar-refractivity contribution in [3.8, 4) is 17.2 Å². The van der Waals surface area contributed by atoms with Crippen molar-refractivity contribution >= 4 is 28.7 Å². The third-order valence-electron chi connectivity index (χ3n) is 6.97. The van der Waals surface area contributed by atoms with Gasteiger partial charge in [-0.15, -0.1) is 0 Å². The molecular weight excluding hydrogens is 575 g/mol. The van der Waals surface area contributed by atoms with Crippen LogP contribution in [-0.2, 0) is 22.3 Å². The standard InChI is InChI=1S/C27H26F3N7O6/c1-13-10-16(35-34-13)24(38)36-8-9-37(17(12-36)26(40)42-3)25(39)22-19(11-31)43-23(33-22)15-4-6-18(41-2)21-14(15)5-7-20(32-21)27(28,29)30/h4-7,10,17H,8-9,11-12,31H2,1-3H3,(H,34,35). The molecule has 1 aliphatic heterocycles. The number of carbonyl (C=O) groups is 3. The predicted octanol–water partition coefficient (Wildman–Crippen LogP) is 2.55. The number of benzene rings is 1. The van der Waals surface area contributed by atoms with Crippen LogP contribution in [0.4, 0.5) is 13.2 Å². The summed E-state index contributed by atoms with van der Waals surface area (Å²) in [6, 6.07) is 5.34. The summed E-state index contributed by atoms with van der Waals surface area (Å²) < 4.78 is 56.0. The summed E-state index contributed by atoms with van der Waals surface area (Å²) in [7, 11) is 2.46. The van der Waals surface area contributed by atoms with Gasteiger partial charge in [0, 0.05) is 29.7 Å². The number of ether oxygens (including phenoxy) is 2. The summed E-state index contributed by atoms with van der Waals surface area (Å²) in [6.07, 6.45) is -4.69. The van der Waals surface area contributed by atoms with E-state index in [2.05, 4.69) is 20.2 Å². The number of aromatic amines is 1. The molecule has 0 spiro atoms. The number of hydrogen-bond donors (Lipinski definition) is 2. The quantitative estimate of drug-likeness (QED) is 0.313. The number of nitrogens with zero attached hydrogens (tertiary/aromatic N) is 5. The van der Waals surface area contributed by atoms with Crippen molar-refractivity contribution in [1.82, 2.24) is 30.0 Å². The normalized spacial score (nSPS) is 15.6. The molecule has 1 aliphatic rings. The topological polar surface area (TPSA) is 170 Å². The number of aromatic nitrogens is 4. The van der Waals surface area contributed by atoms with Gasteiger partial charge in [0.2, 0.25) is 5.89 Å². The van der Waals surface area contributed by atoms with Crippen LogP contribution in [0.1, 0.15) is 38.1 Å². The maximum Gasteiger partial charge on any atom is 0.433 e. The number of alkyl halides is 3. The lowest BCUT2D eigenvalue weighted by Crippen LogP contribution is -2.59. The lowest BCUT2D eigenvalue weighted by molar-refractivity contribution is -0.147. The van der Waals surface area contributed by atoms with Crippen LogP contribution in [0.5, 0.6) is 5.75 Å². The Kier molecular flexibility index (Phi) is 7.79. The number of H-pyrrole nitrogens is 1. The van der Waals surface area contributed by atoms with Crippen LogP contribution in [0, 0.1) is 6.92 Å². The number of nitrogens with two attached hydrogens (primary N) is 1. The number of rotatable bonds is 6. The molecule has 4 aromatic rings. The molecule has 1 aromatic carbocycles. The van der Waals surface area contributed by atoms with Crippen LogP contribution in [0.3, 0.4) is 0 Å². The minimum atomic E-state index is -4.69. The number of nitrogens with one attached hydrogen (secondary N) is 1. The maximum absolute atomic E-state index is 13.8. The monoisotopic (exact) mass is 601 g/mol. The Morgan fingerprint density at radius 3 is 2.51 bits per heavy atom. The fourth-order valence-corrected chi connectivity index (χ4v) is 4.85. The second kappa shape index (κ2) is 11.4. The van der Waals surface area contributed by atoms with E-state index in [4.69, 9.17) is 19.6 Å². The molecule has 0 bridgehead atoms. The molecule has 4 heterocycles. The van der Waals surface area contributed by atoms with Crippen molar-refractivity contribution in [3.05, 3.63) is 58.9 Å². The van der Waals surface area contributed by atoms with Gasteiger partial charge >= 0.3 is 12.1 Å². The molecule has 13 nitrogen and oxygen atoms in total. The smallest absolute Gasteiger partial charge is 0.433 e. The zero-order valence-electron chi connectivity index (χ0n) is 23.2. The molecule has 3 aromatic heterocycles. The van der Waals surface area contributed by atoms with E-state index in [-0.39, 0.29) is 71.4 Å². The van der Waals surface area contributed by atoms with Crippen molar-refractivity contribution in [2.24, 2.45) is 5.73 Å². The van der Waals surface area contributed by atoms with E-state index in [0.717, 1.165) is 13.2 Å². The number of fused-ring (bicyclic) bond motifs is 1. The summed E-state index contributed by atoms with van der Waals surface area (Å²) in [5.74, 6) is -1.91. The summed E-state index contributed by atoms with van der Waals surface area (Å²) in [6.45, 7) is 1.36. The Balaban J connectivity index is 1.49. The summed E-state index contributed by atoms with van der Waals surface area (Å²) in [4.78, 5) is 50.2. The Morgan fingerprint density at radius 2 is 1.88 bits per heavy atom. The number of halogens is 3. The average molecular weight is 602 g/mol. The maximum atomic E-state index is 13.8. The van der Waals surface area contributed by atoms with Gasteiger partial charge in [-0.1, -0.05) is 0 Å². The van der Waals surface area contributed by atoms with Crippen molar-refractivity contribution in [2.45, 2.75) is 25.7 Å². The minimum absolute atomic E-state index is 0.0158. The Labute approximate surface area is 241 Å². The Morgan fingerprint density at radius 1 is 1.12 bits per heavy atom. The molecule has 1 saturated heterocycles. The highest BCUT2D eigenvalue weighted by Gasteiger charge is 2.40. The van der Waals surface area contributed by atoms with Crippen LogP contribution in [-0.4, -0.2) is 87.6 Å². The molecule has 226 valence electrons. The third-order valence-corrected chi connectivity index (χ3v) is 6.97. The first kappa shape index (κ1) is 29.5. The zero-order valence-corrected chi connectivity index (χ0v) is 23.2. The first-order valence-corrected chi connectivity index (χ1v) is 12.9. The van der Waals surface area contributed by atoms with E-state index in [1.165, 1.54) is 35.1 Å². The SMILES string of the molecule is COC(=O)C1CN(C(=O)c2cc(C)[nH]n2)CCN1C(=O)c1nc(-c2ccc(OC)c3nc(C(F)(F)F)ccc23)oc1CN. The van der Waals surface area contributed by atoms with Gasteiger partial charge in [-0.3, -0.25) is 14.7 Å². The number of esters is 1. The summed E-state index contributed by atoms with van der Waals surface area (Å²) in [5.41, 5.74) is 5.55. The van der Waals surface area contributed by atoms with E-state index in [1.807, 2.05) is 0 Å². The van der Waals surface area contributed by atoms with Crippen LogP contribution in [0.2, 0.25) is 0 Å². The molecule has 1 atom stereocenters. The van der Waals surface area contributed by atoms with Gasteiger partial charge in [0.25, 0.3) is 11.8 Å². The van der Waals surface area contributed by atoms with Crippen molar-refractivity contribution in [1.29, 1.82) is 0 Å². The van der Waals surface area contributed by atoms with Crippen LogP contribution in [0.15, 0.2) is 34.7 Å². The van der Waals surface area contributed by atoms with Crippen molar-refractivity contribution in [2.75, 3.05) is 33.9 Å². The minimum Gasteiger partial charge on any atom is -0.494 e. The van der Waals surface area contributed by atoms with Gasteiger partial charge in [0.1, 0.15) is 28.7 Å². The lowest BCUT2D eigenvalue weighted by Gasteiger charge is -2.39. The molecular formula is C27H26F3N7O6. The van der Waals surface area contributed by atoms with Crippen molar-refractivity contribution < 1.29 is 41.4 Å². The van der Waals surface area contributed by atoms with Crippen molar-refractivity contribution in [3.63, 3.8) is 0 Å². The summed E-state index contributed by atoms with van der Waals surface area (Å²) in [5, 5.41) is 6.89. The predicted molar refractivity (Wildman–Crippen MR) is 143 cm³/mol. The summed E-state index contributed by atoms with van der Waals surface area (Å²) >= 11 is 0. The Hall–Kier alpha value is -4.99. The first-order valence-electron chi connectivity index (χ1n) is 12.9. The number of carbonyl (C=O) groups excluding carboxylic acids is 3. The molecule has 0 saturated carbocycles. The molecule has 3 N–H and O–H groups in total. The van der Waals surface area contributed by atoms with Gasteiger partial charge < -0.3 is 29.4 Å². The highest BCUT2D eigenvalue weighted by molar-refractivity contribution is 6.00. The van der Waals surface area contributed by atoms with Gasteiger partial charge in [-0.25, -0.2) is 14.8 Å². The highest BCUT2D eigenvalue weighted by atomic mass is 19.4. The molecule has 0 aliphatic carbocycles. The molecule has 1 fully saturated rings.